The van der Waals surface area contributed by atoms with Crippen LogP contribution in [-0.4, -0.2) is 114 Å². The van der Waals surface area contributed by atoms with E-state index in [0.29, 0.717) is 11.0 Å². The molecule has 6 nitrogen and oxygen atoms in total. The molecule has 3 aliphatic heterocycles. The van der Waals surface area contributed by atoms with E-state index in [1.165, 1.54) is 52.4 Å². The summed E-state index contributed by atoms with van der Waals surface area (Å²) in [6, 6.07) is 0. The van der Waals surface area contributed by atoms with Crippen molar-refractivity contribution in [3.8, 4) is 0 Å². The number of hydrogen-bond donors (Lipinski definition) is 2. The summed E-state index contributed by atoms with van der Waals surface area (Å²) in [4.78, 5) is 13.3. The highest BCUT2D eigenvalue weighted by molar-refractivity contribution is 8.77. The molecule has 32 heavy (non-hydrogen) atoms. The van der Waals surface area contributed by atoms with E-state index in [1.54, 1.807) is 9.80 Å². The third-order valence-corrected chi connectivity index (χ3v) is 10.4. The van der Waals surface area contributed by atoms with Gasteiger partial charge in [0.05, 0.1) is 39.3 Å². The van der Waals surface area contributed by atoms with Crippen LogP contribution < -0.4 is 9.80 Å². The Balaban J connectivity index is 0.000000683. The molecule has 4 unspecified atom stereocenters. The van der Waals surface area contributed by atoms with E-state index in [0.717, 1.165) is 31.3 Å². The lowest BCUT2D eigenvalue weighted by Crippen LogP contribution is -3.14. The smallest absolute Gasteiger partial charge is 0.202 e. The first-order valence-corrected chi connectivity index (χ1v) is 14.8. The molecule has 0 aromatic carbocycles. The third-order valence-electron chi connectivity index (χ3n) is 6.70. The number of hydrogen-bond acceptors (Lipinski definition) is 5. The average molecular weight is 511 g/mol. The molecule has 3 heterocycles. The van der Waals surface area contributed by atoms with Crippen LogP contribution in [0.4, 0.5) is 0 Å². The van der Waals surface area contributed by atoms with Crippen LogP contribution in [0.2, 0.25) is 0 Å². The lowest BCUT2D eigenvalue weighted by atomic mass is 10.6. The van der Waals surface area contributed by atoms with E-state index < -0.39 is 0 Å². The fourth-order valence-corrected chi connectivity index (χ4v) is 8.93. The van der Waals surface area contributed by atoms with Crippen molar-refractivity contribution >= 4 is 38.9 Å². The van der Waals surface area contributed by atoms with E-state index in [4.69, 9.17) is 12.2 Å². The highest BCUT2D eigenvalue weighted by Crippen LogP contribution is 2.31. The second kappa shape index (κ2) is 16.8. The van der Waals surface area contributed by atoms with E-state index >= 15 is 0 Å². The molecule has 3 rings (SSSR count). The topological polar surface area (TPSA) is 21.8 Å². The number of nitrogens with one attached hydrogen (secondary N) is 2. The molecule has 0 aromatic heterocycles. The van der Waals surface area contributed by atoms with Crippen molar-refractivity contribution in [2.45, 2.75) is 67.4 Å². The summed E-state index contributed by atoms with van der Waals surface area (Å²) in [5.74, 6) is 0. The minimum Gasteiger partial charge on any atom is -0.348 e. The molecule has 0 spiro atoms. The van der Waals surface area contributed by atoms with Crippen molar-refractivity contribution in [1.82, 2.24) is 19.6 Å². The van der Waals surface area contributed by atoms with E-state index in [2.05, 4.69) is 82.7 Å². The van der Waals surface area contributed by atoms with Crippen LogP contribution in [0.5, 0.6) is 0 Å². The highest BCUT2D eigenvalue weighted by atomic mass is 33.1. The Morgan fingerprint density at radius 3 is 1.31 bits per heavy atom. The summed E-state index contributed by atoms with van der Waals surface area (Å²) in [7, 11) is 4.26. The summed E-state index contributed by atoms with van der Waals surface area (Å²) in [5, 5.41) is 1.03. The normalized spacial score (nSPS) is 28.4. The fraction of sp³-hybridized carbons (Fsp3) is 0.957. The van der Waals surface area contributed by atoms with Gasteiger partial charge < -0.3 is 19.6 Å². The first-order valence-electron chi connectivity index (χ1n) is 12.1. The zero-order valence-corrected chi connectivity index (χ0v) is 22.6. The molecule has 3 fully saturated rings. The summed E-state index contributed by atoms with van der Waals surface area (Å²) in [6.45, 7) is 27.9. The zero-order chi connectivity index (χ0) is 22.1. The second-order valence-corrected chi connectivity index (χ2v) is 10.9. The molecule has 9 heteroatoms. The van der Waals surface area contributed by atoms with Crippen LogP contribution in [0.1, 0.15) is 56.4 Å². The lowest BCUT2D eigenvalue weighted by Gasteiger charge is -2.28. The summed E-state index contributed by atoms with van der Waals surface area (Å²) in [5.41, 5.74) is 1.32. The minimum atomic E-state index is 0. The Morgan fingerprint density at radius 2 is 1.06 bits per heavy atom. The Kier molecular flexibility index (Phi) is 16.9. The minimum absolute atomic E-state index is 0. The Hall–Kier alpha value is 0.230. The molecule has 0 aliphatic carbocycles. The van der Waals surface area contributed by atoms with Crippen LogP contribution >= 0.6 is 33.8 Å². The van der Waals surface area contributed by atoms with Gasteiger partial charge in [-0.25, -0.2) is 9.80 Å². The molecule has 0 amide bonds. The SMILES string of the molecule is C.C.CCN1CCN(CC)C1=S.CCN1CC[NH+](CC)C1SSC1N(CC)CC[NH+]1CC. The highest BCUT2D eigenvalue weighted by Gasteiger charge is 2.39. The van der Waals surface area contributed by atoms with E-state index in [9.17, 15) is 0 Å². The second-order valence-electron chi connectivity index (χ2n) is 8.12. The molecule has 3 aliphatic rings. The van der Waals surface area contributed by atoms with Gasteiger partial charge in [0.2, 0.25) is 11.0 Å². The van der Waals surface area contributed by atoms with Gasteiger partial charge >= 0.3 is 0 Å². The van der Waals surface area contributed by atoms with E-state index in [1.807, 2.05) is 0 Å². The van der Waals surface area contributed by atoms with Crippen molar-refractivity contribution in [3.63, 3.8) is 0 Å². The molecule has 0 radical (unpaired) electrons. The Bertz CT molecular complexity index is 446. The molecule has 0 bridgehead atoms. The van der Waals surface area contributed by atoms with Gasteiger partial charge in [-0.3, -0.25) is 0 Å². The summed E-state index contributed by atoms with van der Waals surface area (Å²) >= 11 is 5.21. The van der Waals surface area contributed by atoms with Gasteiger partial charge in [-0.1, -0.05) is 28.7 Å². The van der Waals surface area contributed by atoms with Crippen molar-refractivity contribution in [1.29, 1.82) is 0 Å². The first kappa shape index (κ1) is 32.2. The summed E-state index contributed by atoms with van der Waals surface area (Å²) < 4.78 is 0. The molecule has 4 atom stereocenters. The molecule has 0 saturated carbocycles. The van der Waals surface area contributed by atoms with Crippen molar-refractivity contribution in [3.05, 3.63) is 0 Å². The standard InChI is InChI=1S/C14H30N4S2.C7H14N2S.2CH4/c1-5-15-9-10-16(6-2)13(15)19-20-14-17(7-3)11-12-18(14)8-4;1-3-8-5-6-9(4-2)7(8)10;;/h13-14H,5-12H2,1-4H3;3-6H2,1-2H3;2*1H4/p+2. The zero-order valence-electron chi connectivity index (χ0n) is 20.2. The van der Waals surface area contributed by atoms with Gasteiger partial charge in [-0.15, -0.1) is 0 Å². The predicted octanol–water partition coefficient (Wildman–Crippen LogP) is 1.62. The predicted molar refractivity (Wildman–Crippen MR) is 151 cm³/mol. The van der Waals surface area contributed by atoms with Crippen molar-refractivity contribution in [2.75, 3.05) is 78.5 Å². The largest absolute Gasteiger partial charge is 0.348 e. The van der Waals surface area contributed by atoms with Crippen LogP contribution in [0, 0.1) is 0 Å². The van der Waals surface area contributed by atoms with Gasteiger partial charge in [0.15, 0.2) is 5.11 Å². The van der Waals surface area contributed by atoms with Gasteiger partial charge in [0.25, 0.3) is 0 Å². The van der Waals surface area contributed by atoms with E-state index in [-0.39, 0.29) is 14.9 Å². The monoisotopic (exact) mass is 510 g/mol. The van der Waals surface area contributed by atoms with Crippen LogP contribution in [0.15, 0.2) is 0 Å². The molecule has 0 aromatic rings. The van der Waals surface area contributed by atoms with Gasteiger partial charge in [-0.2, -0.15) is 0 Å². The summed E-state index contributed by atoms with van der Waals surface area (Å²) in [6.07, 6.45) is 0. The maximum atomic E-state index is 5.21. The van der Waals surface area contributed by atoms with Crippen LogP contribution in [0.25, 0.3) is 0 Å². The average Bonchev–Trinajstić information content (AvgIpc) is 3.47. The number of rotatable bonds is 9. The van der Waals surface area contributed by atoms with Gasteiger partial charge in [0, 0.05) is 39.3 Å². The first-order chi connectivity index (χ1) is 14.5. The maximum absolute atomic E-state index is 5.21. The lowest BCUT2D eigenvalue weighted by molar-refractivity contribution is -0.901. The fourth-order valence-electron chi connectivity index (χ4n) is 4.51. The van der Waals surface area contributed by atoms with Gasteiger partial charge in [0.1, 0.15) is 0 Å². The van der Waals surface area contributed by atoms with Crippen molar-refractivity contribution in [2.24, 2.45) is 0 Å². The van der Waals surface area contributed by atoms with Crippen molar-refractivity contribution < 1.29 is 9.80 Å². The molecular formula is C23H54N6S3+2. The maximum Gasteiger partial charge on any atom is 0.202 e. The number of quaternary nitrogens is 2. The number of thiocarbonyl (C=S) groups is 1. The van der Waals surface area contributed by atoms with Crippen LogP contribution in [-0.2, 0) is 0 Å². The number of nitrogens with zero attached hydrogens (tertiary/aromatic N) is 4. The molecule has 3 saturated heterocycles. The van der Waals surface area contributed by atoms with Crippen LogP contribution in [0.3, 0.4) is 0 Å². The molecular weight excluding hydrogens is 456 g/mol. The number of likely N-dealkylation sites (N-methyl/N-ethyl adjacent to an activating group) is 6. The molecule has 192 valence electrons. The quantitative estimate of drug-likeness (QED) is 0.359. The third kappa shape index (κ3) is 8.17. The Morgan fingerprint density at radius 1 is 0.688 bits per heavy atom. The molecule has 2 N–H and O–H groups in total. The Labute approximate surface area is 213 Å². The van der Waals surface area contributed by atoms with Gasteiger partial charge in [-0.05, 0) is 61.5 Å².